The summed E-state index contributed by atoms with van der Waals surface area (Å²) in [6.07, 6.45) is 0. The van der Waals surface area contributed by atoms with Gasteiger partial charge in [-0.25, -0.2) is 0 Å². The monoisotopic (exact) mass is 351 g/mol. The summed E-state index contributed by atoms with van der Waals surface area (Å²) in [6.45, 7) is 4.16. The van der Waals surface area contributed by atoms with Crippen LogP contribution >= 0.6 is 0 Å². The molecule has 1 heterocycles. The van der Waals surface area contributed by atoms with Gasteiger partial charge in [0, 0.05) is 5.56 Å². The van der Waals surface area contributed by atoms with E-state index in [2.05, 4.69) is 15.5 Å². The first-order chi connectivity index (χ1) is 12.6. The lowest BCUT2D eigenvalue weighted by molar-refractivity contribution is -0.126. The van der Waals surface area contributed by atoms with Gasteiger partial charge in [-0.15, -0.1) is 0 Å². The molecule has 0 saturated carbocycles. The second kappa shape index (κ2) is 8.40. The maximum absolute atomic E-state index is 12.0. The average molecular weight is 351 g/mol. The molecule has 3 aromatic rings. The number of carbonyl (C=O) groups excluding carboxylic acids is 1. The Labute approximate surface area is 152 Å². The van der Waals surface area contributed by atoms with Gasteiger partial charge in [0.15, 0.2) is 0 Å². The summed E-state index contributed by atoms with van der Waals surface area (Å²) in [7, 11) is 0. The molecule has 6 heteroatoms. The fraction of sp³-hybridized carbons (Fsp3) is 0.250. The molecular formula is C20H21N3O3. The van der Waals surface area contributed by atoms with Crippen molar-refractivity contribution in [2.24, 2.45) is 0 Å². The lowest BCUT2D eigenvalue weighted by Crippen LogP contribution is -2.30. The van der Waals surface area contributed by atoms with Crippen molar-refractivity contribution in [2.75, 3.05) is 6.61 Å². The van der Waals surface area contributed by atoms with Crippen molar-refractivity contribution >= 4 is 5.91 Å². The zero-order chi connectivity index (χ0) is 18.4. The number of aromatic nitrogens is 2. The van der Waals surface area contributed by atoms with E-state index in [0.717, 1.165) is 16.7 Å². The van der Waals surface area contributed by atoms with Gasteiger partial charge in [-0.05, 0) is 25.5 Å². The highest BCUT2D eigenvalue weighted by Crippen LogP contribution is 2.19. The number of hydrogen-bond acceptors (Lipinski definition) is 5. The number of rotatable bonds is 7. The van der Waals surface area contributed by atoms with E-state index in [-0.39, 0.29) is 12.5 Å². The highest BCUT2D eigenvalue weighted by Gasteiger charge is 2.17. The summed E-state index contributed by atoms with van der Waals surface area (Å²) in [4.78, 5) is 16.4. The topological polar surface area (TPSA) is 77.2 Å². The molecule has 0 aliphatic rings. The van der Waals surface area contributed by atoms with Crippen LogP contribution in [0.15, 0.2) is 59.1 Å². The fourth-order valence-corrected chi connectivity index (χ4v) is 2.49. The Morgan fingerprint density at radius 2 is 2.00 bits per heavy atom. The van der Waals surface area contributed by atoms with Crippen LogP contribution < -0.4 is 5.32 Å². The van der Waals surface area contributed by atoms with Crippen LogP contribution in [0.4, 0.5) is 0 Å². The molecule has 1 aromatic heterocycles. The van der Waals surface area contributed by atoms with E-state index in [1.165, 1.54) is 0 Å². The Hall–Kier alpha value is -2.99. The van der Waals surface area contributed by atoms with Gasteiger partial charge in [0.25, 0.3) is 0 Å². The smallest absolute Gasteiger partial charge is 0.249 e. The standard InChI is InChI=1S/C20H21N3O3/c1-14-7-6-10-17(11-14)19-22-20(26-23-19)15(2)21-18(24)13-25-12-16-8-4-3-5-9-16/h3-11,15H,12-13H2,1-2H3,(H,21,24)/t15-/m0/s1. The van der Waals surface area contributed by atoms with Gasteiger partial charge in [-0.3, -0.25) is 4.79 Å². The van der Waals surface area contributed by atoms with Gasteiger partial charge >= 0.3 is 0 Å². The largest absolute Gasteiger partial charge is 0.367 e. The van der Waals surface area contributed by atoms with E-state index >= 15 is 0 Å². The van der Waals surface area contributed by atoms with Gasteiger partial charge in [0.05, 0.1) is 6.61 Å². The molecule has 1 N–H and O–H groups in total. The van der Waals surface area contributed by atoms with Crippen LogP contribution in [-0.4, -0.2) is 22.7 Å². The number of benzene rings is 2. The van der Waals surface area contributed by atoms with Gasteiger partial charge in [-0.1, -0.05) is 59.3 Å². The minimum Gasteiger partial charge on any atom is -0.367 e. The lowest BCUT2D eigenvalue weighted by Gasteiger charge is -2.10. The molecule has 2 aromatic carbocycles. The van der Waals surface area contributed by atoms with Crippen LogP contribution in [0.1, 0.15) is 30.0 Å². The Kier molecular flexibility index (Phi) is 5.76. The van der Waals surface area contributed by atoms with Crippen LogP contribution in [0.5, 0.6) is 0 Å². The molecule has 0 bridgehead atoms. The zero-order valence-corrected chi connectivity index (χ0v) is 14.8. The van der Waals surface area contributed by atoms with Gasteiger partial charge < -0.3 is 14.6 Å². The molecule has 1 atom stereocenters. The lowest BCUT2D eigenvalue weighted by atomic mass is 10.1. The highest BCUT2D eigenvalue weighted by molar-refractivity contribution is 5.77. The molecule has 0 unspecified atom stereocenters. The first-order valence-corrected chi connectivity index (χ1v) is 8.43. The third-order valence-electron chi connectivity index (χ3n) is 3.81. The number of carbonyl (C=O) groups is 1. The normalized spacial score (nSPS) is 11.9. The number of amides is 1. The first kappa shape index (κ1) is 17.8. The molecule has 0 aliphatic heterocycles. The van der Waals surface area contributed by atoms with Gasteiger partial charge in [0.1, 0.15) is 12.6 Å². The Bertz CT molecular complexity index is 862. The third kappa shape index (κ3) is 4.77. The Morgan fingerprint density at radius 3 is 2.77 bits per heavy atom. The van der Waals surface area contributed by atoms with E-state index in [1.54, 1.807) is 6.92 Å². The van der Waals surface area contributed by atoms with Gasteiger partial charge in [-0.2, -0.15) is 4.98 Å². The van der Waals surface area contributed by atoms with Gasteiger partial charge in [0.2, 0.25) is 17.6 Å². The fourth-order valence-electron chi connectivity index (χ4n) is 2.49. The van der Waals surface area contributed by atoms with E-state index in [4.69, 9.17) is 9.26 Å². The number of aryl methyl sites for hydroxylation is 1. The average Bonchev–Trinajstić information content (AvgIpc) is 3.13. The number of hydrogen-bond donors (Lipinski definition) is 1. The summed E-state index contributed by atoms with van der Waals surface area (Å²) in [6, 6.07) is 17.2. The quantitative estimate of drug-likeness (QED) is 0.705. The zero-order valence-electron chi connectivity index (χ0n) is 14.8. The predicted octanol–water partition coefficient (Wildman–Crippen LogP) is 3.44. The molecule has 0 saturated heterocycles. The third-order valence-corrected chi connectivity index (χ3v) is 3.81. The maximum atomic E-state index is 12.0. The first-order valence-electron chi connectivity index (χ1n) is 8.43. The molecule has 0 aliphatic carbocycles. The minimum atomic E-state index is -0.395. The minimum absolute atomic E-state index is 0.0297. The Morgan fingerprint density at radius 1 is 1.19 bits per heavy atom. The van der Waals surface area contributed by atoms with Crippen LogP contribution in [0.3, 0.4) is 0 Å². The van der Waals surface area contributed by atoms with E-state index < -0.39 is 6.04 Å². The molecule has 1 amide bonds. The number of nitrogens with zero attached hydrogens (tertiary/aromatic N) is 2. The Balaban J connectivity index is 1.51. The summed E-state index contributed by atoms with van der Waals surface area (Å²) in [5.74, 6) is 0.631. The predicted molar refractivity (Wildman–Crippen MR) is 97.1 cm³/mol. The van der Waals surface area contributed by atoms with E-state index in [0.29, 0.717) is 18.3 Å². The number of nitrogens with one attached hydrogen (secondary N) is 1. The molecule has 26 heavy (non-hydrogen) atoms. The molecular weight excluding hydrogens is 330 g/mol. The van der Waals surface area contributed by atoms with E-state index in [9.17, 15) is 4.79 Å². The van der Waals surface area contributed by atoms with E-state index in [1.807, 2.05) is 61.5 Å². The summed E-state index contributed by atoms with van der Waals surface area (Å²) in [5.41, 5.74) is 3.02. The van der Waals surface area contributed by atoms with Crippen molar-refractivity contribution in [3.63, 3.8) is 0 Å². The van der Waals surface area contributed by atoms with Crippen LogP contribution in [0.2, 0.25) is 0 Å². The SMILES string of the molecule is Cc1cccc(-c2noc([C@H](C)NC(=O)COCc3ccccc3)n2)c1. The molecule has 3 rings (SSSR count). The van der Waals surface area contributed by atoms with Crippen molar-refractivity contribution in [1.82, 2.24) is 15.5 Å². The van der Waals surface area contributed by atoms with Crippen molar-refractivity contribution < 1.29 is 14.1 Å². The summed E-state index contributed by atoms with van der Waals surface area (Å²) < 4.78 is 10.7. The van der Waals surface area contributed by atoms with Crippen LogP contribution in [0, 0.1) is 6.92 Å². The molecule has 6 nitrogen and oxygen atoms in total. The molecule has 0 fully saturated rings. The van der Waals surface area contributed by atoms with Crippen molar-refractivity contribution in [3.8, 4) is 11.4 Å². The van der Waals surface area contributed by atoms with Crippen LogP contribution in [0.25, 0.3) is 11.4 Å². The number of ether oxygens (including phenoxy) is 1. The molecule has 0 radical (unpaired) electrons. The van der Waals surface area contributed by atoms with Crippen molar-refractivity contribution in [3.05, 3.63) is 71.6 Å². The van der Waals surface area contributed by atoms with Crippen molar-refractivity contribution in [1.29, 1.82) is 0 Å². The summed E-state index contributed by atoms with van der Waals surface area (Å²) in [5, 5.41) is 6.79. The second-order valence-corrected chi connectivity index (χ2v) is 6.09. The molecule has 134 valence electrons. The van der Waals surface area contributed by atoms with Crippen LogP contribution in [-0.2, 0) is 16.1 Å². The molecule has 0 spiro atoms. The summed E-state index contributed by atoms with van der Waals surface area (Å²) >= 11 is 0. The second-order valence-electron chi connectivity index (χ2n) is 6.09. The highest BCUT2D eigenvalue weighted by atomic mass is 16.5. The maximum Gasteiger partial charge on any atom is 0.249 e. The van der Waals surface area contributed by atoms with Crippen molar-refractivity contribution in [2.45, 2.75) is 26.5 Å².